The molecule has 2 amide bonds. The van der Waals surface area contributed by atoms with Gasteiger partial charge in [-0.2, -0.15) is 0 Å². The summed E-state index contributed by atoms with van der Waals surface area (Å²) in [5.41, 5.74) is 1.90. The number of para-hydroxylation sites is 1. The largest absolute Gasteiger partial charge is 0.493 e. The quantitative estimate of drug-likeness (QED) is 0.270. The average Bonchev–Trinajstić information content (AvgIpc) is 3.70. The Balaban J connectivity index is 1.62. The van der Waals surface area contributed by atoms with Gasteiger partial charge in [0.2, 0.25) is 17.6 Å². The van der Waals surface area contributed by atoms with E-state index in [-0.39, 0.29) is 24.4 Å². The van der Waals surface area contributed by atoms with Crippen molar-refractivity contribution in [3.05, 3.63) is 66.1 Å². The fraction of sp³-hybridized carbons (Fsp3) is 0.419. The molecule has 5 rings (SSSR count). The zero-order valence-electron chi connectivity index (χ0n) is 24.4. The molecule has 11 heteroatoms. The summed E-state index contributed by atoms with van der Waals surface area (Å²) in [5.74, 6) is 1.04. The van der Waals surface area contributed by atoms with Crippen LogP contribution in [0.4, 0.5) is 0 Å². The third-order valence-corrected chi connectivity index (χ3v) is 7.81. The van der Waals surface area contributed by atoms with Crippen LogP contribution in [0.15, 0.2) is 59.2 Å². The first-order chi connectivity index (χ1) is 20.4. The van der Waals surface area contributed by atoms with Crippen LogP contribution in [-0.2, 0) is 16.1 Å². The lowest BCUT2D eigenvalue weighted by atomic mass is 9.94. The molecule has 11 nitrogen and oxygen atoms in total. The van der Waals surface area contributed by atoms with E-state index in [9.17, 15) is 9.59 Å². The van der Waals surface area contributed by atoms with Gasteiger partial charge < -0.3 is 28.8 Å². The van der Waals surface area contributed by atoms with Gasteiger partial charge in [0, 0.05) is 6.04 Å². The van der Waals surface area contributed by atoms with E-state index in [0.717, 1.165) is 32.1 Å². The highest BCUT2D eigenvalue weighted by Gasteiger charge is 2.37. The molecule has 0 saturated heterocycles. The Labute approximate surface area is 244 Å². The van der Waals surface area contributed by atoms with Crippen molar-refractivity contribution in [3.8, 4) is 17.2 Å². The lowest BCUT2D eigenvalue weighted by Crippen LogP contribution is -2.48. The molecule has 4 aromatic rings. The van der Waals surface area contributed by atoms with E-state index in [1.807, 2.05) is 24.3 Å². The molecule has 2 heterocycles. The number of carbonyl (C=O) groups excluding carboxylic acids is 2. The van der Waals surface area contributed by atoms with Crippen molar-refractivity contribution >= 4 is 22.8 Å². The SMILES string of the molecule is COc1cc([C@@H](C(=O)NC2CCCCC2)N(Cc2ccco2)C(=O)[C@H](C)n2nnc3ccccc32)cc(OC)c1OC. The summed E-state index contributed by atoms with van der Waals surface area (Å²) >= 11 is 0. The first-order valence-electron chi connectivity index (χ1n) is 14.2. The highest BCUT2D eigenvalue weighted by atomic mass is 16.5. The Bertz CT molecular complexity index is 1490. The van der Waals surface area contributed by atoms with Crippen molar-refractivity contribution in [3.63, 3.8) is 0 Å². The fourth-order valence-corrected chi connectivity index (χ4v) is 5.64. The van der Waals surface area contributed by atoms with Gasteiger partial charge in [-0.3, -0.25) is 9.59 Å². The number of fused-ring (bicyclic) bond motifs is 1. The van der Waals surface area contributed by atoms with Gasteiger partial charge in [0.05, 0.1) is 39.7 Å². The number of ether oxygens (including phenoxy) is 3. The zero-order valence-corrected chi connectivity index (χ0v) is 24.4. The molecule has 1 aliphatic rings. The number of rotatable bonds is 11. The van der Waals surface area contributed by atoms with Crippen LogP contribution in [0.2, 0.25) is 0 Å². The van der Waals surface area contributed by atoms with Gasteiger partial charge in [-0.05, 0) is 61.7 Å². The average molecular weight is 576 g/mol. The van der Waals surface area contributed by atoms with Crippen LogP contribution < -0.4 is 19.5 Å². The van der Waals surface area contributed by atoms with Gasteiger partial charge >= 0.3 is 0 Å². The molecular formula is C31H37N5O6. The van der Waals surface area contributed by atoms with Crippen molar-refractivity contribution < 1.29 is 28.2 Å². The van der Waals surface area contributed by atoms with Crippen molar-refractivity contribution in [1.82, 2.24) is 25.2 Å². The van der Waals surface area contributed by atoms with Crippen LogP contribution in [0.3, 0.4) is 0 Å². The number of methoxy groups -OCH3 is 3. The minimum atomic E-state index is -1.05. The first-order valence-corrected chi connectivity index (χ1v) is 14.2. The summed E-state index contributed by atoms with van der Waals surface area (Å²) in [7, 11) is 4.55. The van der Waals surface area contributed by atoms with Crippen LogP contribution >= 0.6 is 0 Å². The Morgan fingerprint density at radius 2 is 1.74 bits per heavy atom. The lowest BCUT2D eigenvalue weighted by molar-refractivity contribution is -0.144. The second-order valence-corrected chi connectivity index (χ2v) is 10.4. The number of amides is 2. The van der Waals surface area contributed by atoms with E-state index in [1.165, 1.54) is 26.2 Å². The number of aromatic nitrogens is 3. The van der Waals surface area contributed by atoms with E-state index >= 15 is 0 Å². The third-order valence-electron chi connectivity index (χ3n) is 7.81. The van der Waals surface area contributed by atoms with Crippen molar-refractivity contribution in [2.45, 2.75) is 63.7 Å². The van der Waals surface area contributed by atoms with Crippen molar-refractivity contribution in [1.29, 1.82) is 0 Å². The molecule has 1 N–H and O–H groups in total. The molecule has 2 atom stereocenters. The van der Waals surface area contributed by atoms with Gasteiger partial charge in [-0.15, -0.1) is 5.10 Å². The molecule has 0 unspecified atom stereocenters. The minimum Gasteiger partial charge on any atom is -0.493 e. The fourth-order valence-electron chi connectivity index (χ4n) is 5.64. The van der Waals surface area contributed by atoms with Crippen LogP contribution in [0.25, 0.3) is 11.0 Å². The van der Waals surface area contributed by atoms with Crippen LogP contribution in [0.1, 0.15) is 62.4 Å². The molecule has 2 aromatic carbocycles. The maximum Gasteiger partial charge on any atom is 0.248 e. The highest BCUT2D eigenvalue weighted by molar-refractivity contribution is 5.91. The second-order valence-electron chi connectivity index (χ2n) is 10.4. The predicted molar refractivity (Wildman–Crippen MR) is 155 cm³/mol. The monoisotopic (exact) mass is 575 g/mol. The van der Waals surface area contributed by atoms with Gasteiger partial charge in [0.25, 0.3) is 0 Å². The maximum atomic E-state index is 14.5. The van der Waals surface area contributed by atoms with Crippen molar-refractivity contribution in [2.75, 3.05) is 21.3 Å². The summed E-state index contributed by atoms with van der Waals surface area (Å²) < 4.78 is 24.0. The summed E-state index contributed by atoms with van der Waals surface area (Å²) in [5, 5.41) is 11.7. The van der Waals surface area contributed by atoms with E-state index in [4.69, 9.17) is 18.6 Å². The maximum absolute atomic E-state index is 14.5. The number of nitrogens with zero attached hydrogens (tertiary/aromatic N) is 4. The molecule has 222 valence electrons. The molecule has 0 aliphatic heterocycles. The molecule has 0 radical (unpaired) electrons. The number of hydrogen-bond donors (Lipinski definition) is 1. The third kappa shape index (κ3) is 5.90. The molecular weight excluding hydrogens is 538 g/mol. The first kappa shape index (κ1) is 29.0. The van der Waals surface area contributed by atoms with Crippen LogP contribution in [-0.4, -0.2) is 59.1 Å². The molecule has 0 spiro atoms. The Hall–Kier alpha value is -4.54. The number of hydrogen-bond acceptors (Lipinski definition) is 8. The second kappa shape index (κ2) is 13.0. The van der Waals surface area contributed by atoms with Gasteiger partial charge in [-0.1, -0.05) is 36.6 Å². The van der Waals surface area contributed by atoms with Crippen LogP contribution in [0.5, 0.6) is 17.2 Å². The standard InChI is InChI=1S/C31H37N5O6/c1-20(36-25-15-9-8-14-24(25)33-34-36)31(38)35(19-23-13-10-16-42-23)28(30(37)32-22-11-6-5-7-12-22)21-17-26(39-2)29(41-4)27(18-21)40-3/h8-10,13-18,20,22,28H,5-7,11-12,19H2,1-4H3,(H,32,37)/t20-,28-/m0/s1. The number of benzene rings is 2. The summed E-state index contributed by atoms with van der Waals surface area (Å²) in [6, 6.07) is 12.6. The minimum absolute atomic E-state index is 0.0213. The molecule has 1 saturated carbocycles. The Morgan fingerprint density at radius 3 is 2.38 bits per heavy atom. The molecule has 1 fully saturated rings. The van der Waals surface area contributed by atoms with E-state index in [2.05, 4.69) is 15.6 Å². The van der Waals surface area contributed by atoms with Gasteiger partial charge in [0.1, 0.15) is 23.4 Å². The predicted octanol–water partition coefficient (Wildman–Crippen LogP) is 4.83. The lowest BCUT2D eigenvalue weighted by Gasteiger charge is -2.34. The van der Waals surface area contributed by atoms with E-state index < -0.39 is 12.1 Å². The van der Waals surface area contributed by atoms with Crippen LogP contribution in [0, 0.1) is 0 Å². The smallest absolute Gasteiger partial charge is 0.248 e. The topological polar surface area (TPSA) is 121 Å². The Kier molecular flexibility index (Phi) is 8.94. The molecule has 2 aromatic heterocycles. The van der Waals surface area contributed by atoms with Gasteiger partial charge in [0.15, 0.2) is 11.5 Å². The normalized spacial score (nSPS) is 15.1. The van der Waals surface area contributed by atoms with E-state index in [1.54, 1.807) is 42.1 Å². The zero-order chi connectivity index (χ0) is 29.6. The number of furan rings is 1. The summed E-state index contributed by atoms with van der Waals surface area (Å²) in [6.45, 7) is 1.80. The molecule has 1 aliphatic carbocycles. The van der Waals surface area contributed by atoms with Gasteiger partial charge in [-0.25, -0.2) is 4.68 Å². The summed E-state index contributed by atoms with van der Waals surface area (Å²) in [4.78, 5) is 30.3. The van der Waals surface area contributed by atoms with E-state index in [0.29, 0.717) is 39.6 Å². The van der Waals surface area contributed by atoms with Crippen molar-refractivity contribution in [2.24, 2.45) is 0 Å². The highest BCUT2D eigenvalue weighted by Crippen LogP contribution is 2.41. The number of carbonyl (C=O) groups is 2. The Morgan fingerprint density at radius 1 is 1.02 bits per heavy atom. The number of nitrogens with one attached hydrogen (secondary N) is 1. The molecule has 42 heavy (non-hydrogen) atoms. The summed E-state index contributed by atoms with van der Waals surface area (Å²) in [6.07, 6.45) is 6.57. The molecule has 0 bridgehead atoms.